The average molecular weight is 349 g/mol. The Morgan fingerprint density at radius 2 is 1.65 bits per heavy atom. The molecule has 0 amide bonds. The van der Waals surface area contributed by atoms with Crippen molar-refractivity contribution in [1.82, 2.24) is 15.0 Å². The third-order valence-electron chi connectivity index (χ3n) is 4.18. The molecule has 134 valence electrons. The summed E-state index contributed by atoms with van der Waals surface area (Å²) in [6.07, 6.45) is 0. The molecule has 0 aliphatic heterocycles. The minimum Gasteiger partial charge on any atom is -0.368 e. The van der Waals surface area contributed by atoms with Crippen molar-refractivity contribution in [2.45, 2.75) is 26.9 Å². The van der Waals surface area contributed by atoms with E-state index in [4.69, 9.17) is 5.73 Å². The van der Waals surface area contributed by atoms with Crippen LogP contribution in [0.15, 0.2) is 48.5 Å². The highest BCUT2D eigenvalue weighted by molar-refractivity contribution is 5.58. The summed E-state index contributed by atoms with van der Waals surface area (Å²) in [5.74, 6) is 1.39. The molecule has 6 nitrogen and oxygen atoms in total. The number of nitrogen functional groups attached to an aromatic ring is 1. The molecule has 1 atom stereocenters. The summed E-state index contributed by atoms with van der Waals surface area (Å²) in [5, 5.41) is 3.23. The van der Waals surface area contributed by atoms with E-state index in [9.17, 15) is 0 Å². The van der Waals surface area contributed by atoms with Crippen molar-refractivity contribution in [3.63, 3.8) is 0 Å². The van der Waals surface area contributed by atoms with Crippen LogP contribution in [0.4, 0.5) is 17.6 Å². The fraction of sp³-hybridized carbons (Fsp3) is 0.250. The topological polar surface area (TPSA) is 81.2 Å². The molecule has 0 aliphatic rings. The van der Waals surface area contributed by atoms with Gasteiger partial charge in [-0.25, -0.2) is 0 Å². The number of aryl methyl sites for hydroxylation is 2. The molecule has 0 fully saturated rings. The highest BCUT2D eigenvalue weighted by Crippen LogP contribution is 2.17. The molecule has 1 aromatic heterocycles. The van der Waals surface area contributed by atoms with E-state index in [0.717, 1.165) is 17.8 Å². The maximum absolute atomic E-state index is 5.88. The van der Waals surface area contributed by atoms with E-state index in [1.54, 1.807) is 0 Å². The number of hydrogen-bond acceptors (Lipinski definition) is 5. The molecule has 3 aromatic rings. The first kappa shape index (κ1) is 17.8. The maximum Gasteiger partial charge on any atom is 0.232 e. The Bertz CT molecular complexity index is 876. The van der Waals surface area contributed by atoms with Gasteiger partial charge in [-0.15, -0.1) is 0 Å². The zero-order chi connectivity index (χ0) is 18.5. The van der Waals surface area contributed by atoms with E-state index < -0.39 is 0 Å². The van der Waals surface area contributed by atoms with Gasteiger partial charge in [0.15, 0.2) is 5.82 Å². The van der Waals surface area contributed by atoms with Gasteiger partial charge in [0.2, 0.25) is 11.9 Å². The molecule has 0 saturated heterocycles. The number of nitrogens with one attached hydrogen (secondary N) is 2. The molecule has 0 spiro atoms. The van der Waals surface area contributed by atoms with E-state index in [2.05, 4.69) is 58.5 Å². The van der Waals surface area contributed by atoms with Crippen molar-refractivity contribution in [3.05, 3.63) is 71.0 Å². The molecule has 0 aliphatic carbocycles. The van der Waals surface area contributed by atoms with Gasteiger partial charge in [0.25, 0.3) is 0 Å². The Morgan fingerprint density at radius 3 is 2.38 bits per heavy atom. The zero-order valence-corrected chi connectivity index (χ0v) is 15.5. The molecular weight excluding hydrogens is 324 g/mol. The first-order valence-electron chi connectivity index (χ1n) is 8.69. The summed E-state index contributed by atoms with van der Waals surface area (Å²) in [6.45, 7) is 5.69. The van der Waals surface area contributed by atoms with E-state index in [-0.39, 0.29) is 5.95 Å². The highest BCUT2D eigenvalue weighted by Gasteiger charge is 2.11. The number of para-hydroxylation sites is 1. The molecule has 1 heterocycles. The third-order valence-corrected chi connectivity index (χ3v) is 4.18. The van der Waals surface area contributed by atoms with Gasteiger partial charge in [0.05, 0.1) is 7.05 Å². The van der Waals surface area contributed by atoms with Crippen LogP contribution in [0.25, 0.3) is 0 Å². The van der Waals surface area contributed by atoms with E-state index in [0.29, 0.717) is 18.3 Å². The lowest BCUT2D eigenvalue weighted by Crippen LogP contribution is -3.06. The van der Waals surface area contributed by atoms with Crippen LogP contribution in [-0.4, -0.2) is 22.0 Å². The molecule has 26 heavy (non-hydrogen) atoms. The number of rotatable bonds is 6. The van der Waals surface area contributed by atoms with Crippen molar-refractivity contribution < 1.29 is 4.90 Å². The van der Waals surface area contributed by atoms with Crippen LogP contribution in [-0.2, 0) is 13.1 Å². The average Bonchev–Trinajstić information content (AvgIpc) is 2.58. The lowest BCUT2D eigenvalue weighted by Gasteiger charge is -2.14. The predicted molar refractivity (Wildman–Crippen MR) is 104 cm³/mol. The number of aromatic nitrogens is 3. The van der Waals surface area contributed by atoms with Crippen LogP contribution >= 0.6 is 0 Å². The number of benzene rings is 2. The Hall–Kier alpha value is -2.99. The smallest absolute Gasteiger partial charge is 0.232 e. The fourth-order valence-electron chi connectivity index (χ4n) is 2.79. The molecule has 6 heteroatoms. The summed E-state index contributed by atoms with van der Waals surface area (Å²) in [4.78, 5) is 14.3. The van der Waals surface area contributed by atoms with Gasteiger partial charge in [-0.2, -0.15) is 15.0 Å². The minimum absolute atomic E-state index is 0.231. The fourth-order valence-corrected chi connectivity index (χ4v) is 2.79. The van der Waals surface area contributed by atoms with Gasteiger partial charge in [0.1, 0.15) is 13.1 Å². The molecule has 4 N–H and O–H groups in total. The Labute approximate surface area is 154 Å². The summed E-state index contributed by atoms with van der Waals surface area (Å²) >= 11 is 0. The molecule has 2 aromatic carbocycles. The summed E-state index contributed by atoms with van der Waals surface area (Å²) in [7, 11) is 2.12. The normalized spacial score (nSPS) is 12.0. The molecule has 3 rings (SSSR count). The van der Waals surface area contributed by atoms with Gasteiger partial charge in [-0.1, -0.05) is 48.0 Å². The van der Waals surface area contributed by atoms with E-state index >= 15 is 0 Å². The molecular formula is C20H25N6+. The monoisotopic (exact) mass is 349 g/mol. The molecule has 0 bridgehead atoms. The molecule has 0 saturated carbocycles. The third kappa shape index (κ3) is 4.77. The summed E-state index contributed by atoms with van der Waals surface area (Å²) in [6, 6.07) is 16.6. The van der Waals surface area contributed by atoms with Crippen molar-refractivity contribution in [2.75, 3.05) is 18.1 Å². The number of nitrogens with two attached hydrogens (primary N) is 1. The SMILES string of the molecule is Cc1ccc(C[NH+](C)Cc2nc(N)nc(Nc3ccccc3C)n2)cc1. The van der Waals surface area contributed by atoms with Gasteiger partial charge in [-0.05, 0) is 25.5 Å². The van der Waals surface area contributed by atoms with E-state index in [1.165, 1.54) is 16.0 Å². The van der Waals surface area contributed by atoms with Gasteiger partial charge < -0.3 is 16.0 Å². The minimum atomic E-state index is 0.231. The second-order valence-electron chi connectivity index (χ2n) is 6.67. The zero-order valence-electron chi connectivity index (χ0n) is 15.5. The number of quaternary nitrogens is 1. The van der Waals surface area contributed by atoms with Crippen molar-refractivity contribution in [1.29, 1.82) is 0 Å². The number of hydrogen-bond donors (Lipinski definition) is 3. The van der Waals surface area contributed by atoms with Crippen molar-refractivity contribution in [2.24, 2.45) is 0 Å². The molecule has 1 unspecified atom stereocenters. The Morgan fingerprint density at radius 1 is 0.923 bits per heavy atom. The van der Waals surface area contributed by atoms with Crippen molar-refractivity contribution >= 4 is 17.6 Å². The second kappa shape index (κ2) is 7.93. The lowest BCUT2D eigenvalue weighted by molar-refractivity contribution is -0.908. The highest BCUT2D eigenvalue weighted by atomic mass is 15.2. The maximum atomic E-state index is 5.88. The quantitative estimate of drug-likeness (QED) is 0.634. The van der Waals surface area contributed by atoms with Crippen LogP contribution in [0.1, 0.15) is 22.5 Å². The van der Waals surface area contributed by atoms with Crippen LogP contribution in [0, 0.1) is 13.8 Å². The summed E-state index contributed by atoms with van der Waals surface area (Å²) < 4.78 is 0. The van der Waals surface area contributed by atoms with Gasteiger partial charge in [-0.3, -0.25) is 0 Å². The van der Waals surface area contributed by atoms with Crippen molar-refractivity contribution in [3.8, 4) is 0 Å². The van der Waals surface area contributed by atoms with Crippen LogP contribution in [0.2, 0.25) is 0 Å². The Balaban J connectivity index is 1.70. The van der Waals surface area contributed by atoms with E-state index in [1.807, 2.05) is 31.2 Å². The second-order valence-corrected chi connectivity index (χ2v) is 6.67. The molecule has 0 radical (unpaired) electrons. The number of nitrogens with zero attached hydrogens (tertiary/aromatic N) is 3. The van der Waals surface area contributed by atoms with Crippen LogP contribution < -0.4 is 16.0 Å². The predicted octanol–water partition coefficient (Wildman–Crippen LogP) is 2.03. The van der Waals surface area contributed by atoms with Gasteiger partial charge in [0, 0.05) is 11.3 Å². The lowest BCUT2D eigenvalue weighted by atomic mass is 10.1. The summed E-state index contributed by atoms with van der Waals surface area (Å²) in [5.41, 5.74) is 10.5. The van der Waals surface area contributed by atoms with Crippen LogP contribution in [0.3, 0.4) is 0 Å². The Kier molecular flexibility index (Phi) is 5.43. The first-order valence-corrected chi connectivity index (χ1v) is 8.69. The number of anilines is 3. The van der Waals surface area contributed by atoms with Crippen LogP contribution in [0.5, 0.6) is 0 Å². The standard InChI is InChI=1S/C20H24N6/c1-14-8-10-16(11-9-14)12-26(3)13-18-23-19(21)25-20(24-18)22-17-7-5-4-6-15(17)2/h4-11H,12-13H2,1-3H3,(H3,21,22,23,24,25)/p+1. The largest absolute Gasteiger partial charge is 0.368 e. The van der Waals surface area contributed by atoms with Gasteiger partial charge >= 0.3 is 0 Å². The first-order chi connectivity index (χ1) is 12.5.